The number of nitrogens with zero attached hydrogens (tertiary/aromatic N) is 2. The molecule has 3 aromatic carbocycles. The molecule has 5 heterocycles. The summed E-state index contributed by atoms with van der Waals surface area (Å²) in [7, 11) is 0. The fourth-order valence-electron chi connectivity index (χ4n) is 7.25. The standard InChI is InChI=1S/C34H27N2O2.ClH/c1-3-9-24(10-4-1)32(25-11-5-2-6-12-25)36-18-17-35-30-21-34(26-15-19-37-22-26,27-16-20-38-23-27)31(33(35)36)29-14-8-7-13-28(29)30;/h1-20,22-23,30-32H,21H2;1H/q+1;/p-1/t30-,31+;/m1./s1. The lowest BCUT2D eigenvalue weighted by Gasteiger charge is -2.49. The van der Waals surface area contributed by atoms with Crippen LogP contribution in [0.25, 0.3) is 0 Å². The van der Waals surface area contributed by atoms with Gasteiger partial charge in [0.05, 0.1) is 25.1 Å². The van der Waals surface area contributed by atoms with Crippen molar-refractivity contribution in [2.24, 2.45) is 0 Å². The van der Waals surface area contributed by atoms with E-state index >= 15 is 0 Å². The van der Waals surface area contributed by atoms with Crippen LogP contribution in [0, 0.1) is 0 Å². The summed E-state index contributed by atoms with van der Waals surface area (Å²) >= 11 is 0. The number of hydrogen-bond acceptors (Lipinski definition) is 2. The lowest BCUT2D eigenvalue weighted by Crippen LogP contribution is -3.00. The maximum absolute atomic E-state index is 5.73. The van der Waals surface area contributed by atoms with Gasteiger partial charge in [0.2, 0.25) is 0 Å². The second-order valence-electron chi connectivity index (χ2n) is 10.5. The normalized spacial score (nSPS) is 18.4. The molecule has 5 heteroatoms. The molecule has 39 heavy (non-hydrogen) atoms. The van der Waals surface area contributed by atoms with Crippen LogP contribution in [0.4, 0.5) is 0 Å². The molecule has 0 unspecified atom stereocenters. The molecule has 4 nitrogen and oxygen atoms in total. The zero-order chi connectivity index (χ0) is 25.1. The lowest BCUT2D eigenvalue weighted by atomic mass is 9.55. The van der Waals surface area contributed by atoms with Gasteiger partial charge in [-0.05, 0) is 17.7 Å². The maximum atomic E-state index is 5.73. The minimum absolute atomic E-state index is 0. The smallest absolute Gasteiger partial charge is 0.266 e. The average Bonchev–Trinajstić information content (AvgIpc) is 3.78. The highest BCUT2D eigenvalue weighted by Crippen LogP contribution is 2.60. The van der Waals surface area contributed by atoms with E-state index in [1.54, 1.807) is 12.5 Å². The first kappa shape index (κ1) is 23.8. The zero-order valence-corrected chi connectivity index (χ0v) is 22.0. The first-order valence-corrected chi connectivity index (χ1v) is 13.2. The fourth-order valence-corrected chi connectivity index (χ4v) is 7.25. The Morgan fingerprint density at radius 2 is 1.28 bits per heavy atom. The third-order valence-corrected chi connectivity index (χ3v) is 8.77. The van der Waals surface area contributed by atoms with Crippen molar-refractivity contribution in [1.82, 2.24) is 4.57 Å². The van der Waals surface area contributed by atoms with Gasteiger partial charge >= 0.3 is 0 Å². The molecule has 0 spiro atoms. The van der Waals surface area contributed by atoms with Gasteiger partial charge in [0.15, 0.2) is 6.04 Å². The second-order valence-corrected chi connectivity index (χ2v) is 10.5. The van der Waals surface area contributed by atoms with Gasteiger partial charge in [-0.15, -0.1) is 0 Å². The van der Waals surface area contributed by atoms with Gasteiger partial charge in [-0.25, -0.2) is 9.13 Å². The monoisotopic (exact) mass is 530 g/mol. The highest BCUT2D eigenvalue weighted by atomic mass is 35.5. The van der Waals surface area contributed by atoms with E-state index in [-0.39, 0.29) is 35.8 Å². The third-order valence-electron chi connectivity index (χ3n) is 8.77. The Balaban J connectivity index is 0.00000253. The fraction of sp³-hybridized carbons (Fsp3) is 0.147. The van der Waals surface area contributed by atoms with Crippen molar-refractivity contribution >= 4 is 0 Å². The van der Waals surface area contributed by atoms with Gasteiger partial charge in [0.25, 0.3) is 5.82 Å². The number of benzene rings is 3. The first-order valence-electron chi connectivity index (χ1n) is 13.2. The summed E-state index contributed by atoms with van der Waals surface area (Å²) in [6.07, 6.45) is 13.0. The van der Waals surface area contributed by atoms with E-state index in [0.717, 1.165) is 6.42 Å². The highest BCUT2D eigenvalue weighted by Gasteiger charge is 2.61. The molecular formula is C34H27ClN2O2. The first-order chi connectivity index (χ1) is 18.9. The predicted molar refractivity (Wildman–Crippen MR) is 144 cm³/mol. The summed E-state index contributed by atoms with van der Waals surface area (Å²) in [4.78, 5) is 0. The van der Waals surface area contributed by atoms with Crippen molar-refractivity contribution in [3.05, 3.63) is 174 Å². The number of rotatable bonds is 5. The van der Waals surface area contributed by atoms with Crippen LogP contribution in [0.5, 0.6) is 0 Å². The van der Waals surface area contributed by atoms with Gasteiger partial charge in [0, 0.05) is 39.7 Å². The summed E-state index contributed by atoms with van der Waals surface area (Å²) in [6, 6.07) is 35.2. The van der Waals surface area contributed by atoms with E-state index in [0.29, 0.717) is 0 Å². The second kappa shape index (κ2) is 9.18. The Hall–Kier alpha value is -4.28. The van der Waals surface area contributed by atoms with Crippen molar-refractivity contribution in [1.29, 1.82) is 0 Å². The quantitative estimate of drug-likeness (QED) is 0.316. The van der Waals surface area contributed by atoms with Crippen LogP contribution in [-0.2, 0) is 5.41 Å². The maximum Gasteiger partial charge on any atom is 0.266 e. The van der Waals surface area contributed by atoms with Gasteiger partial charge in [-0.3, -0.25) is 0 Å². The van der Waals surface area contributed by atoms with Crippen LogP contribution < -0.4 is 17.0 Å². The molecule has 2 bridgehead atoms. The summed E-state index contributed by atoms with van der Waals surface area (Å²) in [5.41, 5.74) is 7.40. The van der Waals surface area contributed by atoms with Gasteiger partial charge in [-0.1, -0.05) is 84.9 Å². The average molecular weight is 531 g/mol. The Kier molecular flexibility index (Phi) is 5.60. The Morgan fingerprint density at radius 3 is 1.85 bits per heavy atom. The summed E-state index contributed by atoms with van der Waals surface area (Å²) in [5, 5.41) is 0. The Bertz CT molecular complexity index is 1630. The van der Waals surface area contributed by atoms with E-state index in [4.69, 9.17) is 8.83 Å². The summed E-state index contributed by atoms with van der Waals surface area (Å²) < 4.78 is 16.5. The molecule has 0 amide bonds. The van der Waals surface area contributed by atoms with Gasteiger partial charge < -0.3 is 21.2 Å². The van der Waals surface area contributed by atoms with E-state index in [1.807, 2.05) is 12.5 Å². The molecule has 192 valence electrons. The molecule has 3 aromatic heterocycles. The number of fused-ring (bicyclic) bond motifs is 1. The molecule has 3 aliphatic rings. The van der Waals surface area contributed by atoms with E-state index in [2.05, 4.69) is 119 Å². The lowest BCUT2D eigenvalue weighted by molar-refractivity contribution is -0.732. The van der Waals surface area contributed by atoms with Crippen molar-refractivity contribution < 1.29 is 25.8 Å². The van der Waals surface area contributed by atoms with Gasteiger partial charge in [0.1, 0.15) is 24.4 Å². The third kappa shape index (κ3) is 3.34. The molecule has 9 rings (SSSR count). The van der Waals surface area contributed by atoms with Crippen LogP contribution in [0.1, 0.15) is 63.6 Å². The Morgan fingerprint density at radius 1 is 0.718 bits per heavy atom. The van der Waals surface area contributed by atoms with E-state index in [1.165, 1.54) is 39.2 Å². The van der Waals surface area contributed by atoms with Crippen LogP contribution in [0.3, 0.4) is 0 Å². The number of aromatic nitrogens is 2. The molecule has 6 aromatic rings. The Labute approximate surface area is 233 Å². The SMILES string of the molecule is [Cl-].c1ccc(C(c2ccccc2)n2cc[n+]3c2[C@@H]2c4ccccc4[C@H]3CC2(c2ccoc2)c2ccoc2)cc1. The molecule has 2 aliphatic heterocycles. The van der Waals surface area contributed by atoms with Crippen LogP contribution in [0.15, 0.2) is 143 Å². The topological polar surface area (TPSA) is 35.1 Å². The predicted octanol–water partition coefficient (Wildman–Crippen LogP) is 4.03. The van der Waals surface area contributed by atoms with Crippen LogP contribution in [-0.4, -0.2) is 4.57 Å². The minimum Gasteiger partial charge on any atom is -1.00 e. The number of imidazole rings is 1. The van der Waals surface area contributed by atoms with E-state index < -0.39 is 0 Å². The molecule has 0 saturated carbocycles. The van der Waals surface area contributed by atoms with Gasteiger partial charge in [-0.2, -0.15) is 0 Å². The van der Waals surface area contributed by atoms with Crippen molar-refractivity contribution in [3.63, 3.8) is 0 Å². The zero-order valence-electron chi connectivity index (χ0n) is 21.2. The number of hydrogen-bond donors (Lipinski definition) is 0. The molecule has 2 atom stereocenters. The molecule has 0 radical (unpaired) electrons. The molecular weight excluding hydrogens is 504 g/mol. The largest absolute Gasteiger partial charge is 1.00 e. The van der Waals surface area contributed by atoms with E-state index in [9.17, 15) is 0 Å². The molecule has 1 aliphatic carbocycles. The van der Waals surface area contributed by atoms with Crippen molar-refractivity contribution in [2.75, 3.05) is 0 Å². The summed E-state index contributed by atoms with van der Waals surface area (Å²) in [5.74, 6) is 1.38. The number of furan rings is 2. The minimum atomic E-state index is -0.312. The molecule has 0 saturated heterocycles. The van der Waals surface area contributed by atoms with Crippen LogP contribution in [0.2, 0.25) is 0 Å². The molecule has 0 fully saturated rings. The highest BCUT2D eigenvalue weighted by molar-refractivity contribution is 5.53. The van der Waals surface area contributed by atoms with Crippen LogP contribution >= 0.6 is 0 Å². The van der Waals surface area contributed by atoms with Crippen molar-refractivity contribution in [2.45, 2.75) is 29.8 Å². The summed E-state index contributed by atoms with van der Waals surface area (Å²) in [6.45, 7) is 0. The molecule has 0 N–H and O–H groups in total. The number of halogens is 1. The van der Waals surface area contributed by atoms with Crippen molar-refractivity contribution in [3.8, 4) is 0 Å².